The first-order valence-electron chi connectivity index (χ1n) is 5.37. The number of aryl methyl sites for hydroxylation is 1. The van der Waals surface area contributed by atoms with Gasteiger partial charge in [-0.3, -0.25) is 0 Å². The summed E-state index contributed by atoms with van der Waals surface area (Å²) in [5.74, 6) is 0.670. The van der Waals surface area contributed by atoms with Crippen LogP contribution in [0.15, 0.2) is 33.5 Å². The Labute approximate surface area is 98.8 Å². The zero-order valence-corrected chi connectivity index (χ0v) is 9.86. The van der Waals surface area contributed by atoms with E-state index in [0.29, 0.717) is 24.5 Å². The van der Waals surface area contributed by atoms with Gasteiger partial charge in [-0.25, -0.2) is 4.79 Å². The highest BCUT2D eigenvalue weighted by atomic mass is 16.5. The summed E-state index contributed by atoms with van der Waals surface area (Å²) >= 11 is 0. The van der Waals surface area contributed by atoms with Crippen molar-refractivity contribution < 1.29 is 13.9 Å². The van der Waals surface area contributed by atoms with Crippen LogP contribution in [-0.4, -0.2) is 20.3 Å². The molecule has 0 aliphatic carbocycles. The summed E-state index contributed by atoms with van der Waals surface area (Å²) in [7, 11) is 1.62. The zero-order valence-electron chi connectivity index (χ0n) is 9.86. The van der Waals surface area contributed by atoms with Gasteiger partial charge < -0.3 is 13.9 Å². The van der Waals surface area contributed by atoms with Crippen molar-refractivity contribution in [2.24, 2.45) is 0 Å². The molecule has 1 aromatic carbocycles. The molecule has 0 fully saturated rings. The lowest BCUT2D eigenvalue weighted by molar-refractivity contribution is 0.146. The van der Waals surface area contributed by atoms with Gasteiger partial charge in [-0.15, -0.1) is 0 Å². The fourth-order valence-corrected chi connectivity index (χ4v) is 1.64. The first kappa shape index (κ1) is 11.7. The molecule has 2 aromatic rings. The molecule has 0 unspecified atom stereocenters. The zero-order chi connectivity index (χ0) is 12.3. The second-order valence-electron chi connectivity index (χ2n) is 3.75. The van der Waals surface area contributed by atoms with Crippen LogP contribution in [0, 0.1) is 6.92 Å². The monoisotopic (exact) mass is 234 g/mol. The number of fused-ring (bicyclic) bond motifs is 1. The lowest BCUT2D eigenvalue weighted by Crippen LogP contribution is -2.04. The molecule has 0 aliphatic rings. The Balaban J connectivity index is 2.33. The predicted molar refractivity (Wildman–Crippen MR) is 64.6 cm³/mol. The molecule has 0 saturated heterocycles. The van der Waals surface area contributed by atoms with Crippen molar-refractivity contribution in [3.63, 3.8) is 0 Å². The molecule has 4 heteroatoms. The average Bonchev–Trinajstić information content (AvgIpc) is 2.28. The molecule has 0 N–H and O–H groups in total. The minimum Gasteiger partial charge on any atom is -0.491 e. The van der Waals surface area contributed by atoms with E-state index in [9.17, 15) is 4.79 Å². The van der Waals surface area contributed by atoms with Crippen LogP contribution < -0.4 is 10.4 Å². The smallest absolute Gasteiger partial charge is 0.336 e. The molecule has 1 heterocycles. The van der Waals surface area contributed by atoms with Crippen molar-refractivity contribution in [2.75, 3.05) is 20.3 Å². The first-order chi connectivity index (χ1) is 8.20. The van der Waals surface area contributed by atoms with Gasteiger partial charge in [0.1, 0.15) is 17.9 Å². The van der Waals surface area contributed by atoms with Gasteiger partial charge in [0, 0.05) is 24.6 Å². The average molecular weight is 234 g/mol. The van der Waals surface area contributed by atoms with Gasteiger partial charge >= 0.3 is 5.63 Å². The van der Waals surface area contributed by atoms with Gasteiger partial charge in [0.25, 0.3) is 0 Å². The molecule has 0 amide bonds. The van der Waals surface area contributed by atoms with E-state index >= 15 is 0 Å². The number of hydrogen-bond donors (Lipinski definition) is 0. The predicted octanol–water partition coefficient (Wildman–Crippen LogP) is 2.13. The Morgan fingerprint density at radius 1 is 1.24 bits per heavy atom. The number of hydrogen-bond acceptors (Lipinski definition) is 4. The van der Waals surface area contributed by atoms with Crippen LogP contribution in [-0.2, 0) is 4.74 Å². The summed E-state index contributed by atoms with van der Waals surface area (Å²) in [6.07, 6.45) is 0. The minimum atomic E-state index is -0.343. The summed E-state index contributed by atoms with van der Waals surface area (Å²) in [6, 6.07) is 6.94. The van der Waals surface area contributed by atoms with Crippen LogP contribution in [0.1, 0.15) is 5.56 Å². The Hall–Kier alpha value is -1.81. The van der Waals surface area contributed by atoms with E-state index < -0.39 is 0 Å². The van der Waals surface area contributed by atoms with Crippen LogP contribution >= 0.6 is 0 Å². The molecule has 0 aliphatic heterocycles. The van der Waals surface area contributed by atoms with Crippen molar-refractivity contribution in [2.45, 2.75) is 6.92 Å². The van der Waals surface area contributed by atoms with Crippen molar-refractivity contribution in [3.8, 4) is 5.75 Å². The fourth-order valence-electron chi connectivity index (χ4n) is 1.64. The lowest BCUT2D eigenvalue weighted by Gasteiger charge is -2.06. The van der Waals surface area contributed by atoms with Crippen LogP contribution in [0.3, 0.4) is 0 Å². The van der Waals surface area contributed by atoms with Crippen molar-refractivity contribution >= 4 is 11.0 Å². The van der Waals surface area contributed by atoms with E-state index in [2.05, 4.69) is 0 Å². The van der Waals surface area contributed by atoms with Gasteiger partial charge in [-0.2, -0.15) is 0 Å². The van der Waals surface area contributed by atoms with Gasteiger partial charge in [-0.1, -0.05) is 0 Å². The minimum absolute atomic E-state index is 0.343. The van der Waals surface area contributed by atoms with Crippen LogP contribution in [0.25, 0.3) is 11.0 Å². The van der Waals surface area contributed by atoms with Crippen LogP contribution in [0.5, 0.6) is 5.75 Å². The highest BCUT2D eigenvalue weighted by Gasteiger charge is 2.03. The molecule has 0 saturated carbocycles. The maximum atomic E-state index is 11.2. The van der Waals surface area contributed by atoms with Crippen LogP contribution in [0.4, 0.5) is 0 Å². The van der Waals surface area contributed by atoms with Gasteiger partial charge in [0.2, 0.25) is 0 Å². The Bertz CT molecular complexity index is 571. The highest BCUT2D eigenvalue weighted by molar-refractivity contribution is 5.81. The van der Waals surface area contributed by atoms with Crippen molar-refractivity contribution in [1.29, 1.82) is 0 Å². The highest BCUT2D eigenvalue weighted by Crippen LogP contribution is 2.21. The number of rotatable bonds is 4. The summed E-state index contributed by atoms with van der Waals surface area (Å²) in [5.41, 5.74) is 1.11. The topological polar surface area (TPSA) is 48.7 Å². The maximum Gasteiger partial charge on any atom is 0.336 e. The van der Waals surface area contributed by atoms with E-state index in [1.807, 2.05) is 19.1 Å². The van der Waals surface area contributed by atoms with E-state index in [-0.39, 0.29) is 5.63 Å². The Kier molecular flexibility index (Phi) is 3.44. The standard InChI is InChI=1S/C13H14O4/c1-9-7-13(14)17-12-8-10(3-4-11(9)12)16-6-5-15-2/h3-4,7-8H,5-6H2,1-2H3. The number of benzene rings is 1. The van der Waals surface area contributed by atoms with Crippen LogP contribution in [0.2, 0.25) is 0 Å². The van der Waals surface area contributed by atoms with Gasteiger partial charge in [0.05, 0.1) is 6.61 Å². The van der Waals surface area contributed by atoms with E-state index in [1.165, 1.54) is 6.07 Å². The molecule has 4 nitrogen and oxygen atoms in total. The van der Waals surface area contributed by atoms with E-state index in [0.717, 1.165) is 10.9 Å². The summed E-state index contributed by atoms with van der Waals surface area (Å²) in [6.45, 7) is 2.87. The quantitative estimate of drug-likeness (QED) is 0.600. The molecule has 17 heavy (non-hydrogen) atoms. The lowest BCUT2D eigenvalue weighted by atomic mass is 10.1. The van der Waals surface area contributed by atoms with E-state index in [4.69, 9.17) is 13.9 Å². The summed E-state index contributed by atoms with van der Waals surface area (Å²) < 4.78 is 15.5. The third kappa shape index (κ3) is 2.65. The van der Waals surface area contributed by atoms with Gasteiger partial charge in [0.15, 0.2) is 0 Å². The molecule has 0 bridgehead atoms. The maximum absolute atomic E-state index is 11.2. The second kappa shape index (κ2) is 5.01. The Morgan fingerprint density at radius 3 is 2.82 bits per heavy atom. The third-order valence-corrected chi connectivity index (χ3v) is 2.48. The molecule has 2 rings (SSSR count). The molecule has 90 valence electrons. The molecule has 0 radical (unpaired) electrons. The normalized spacial score (nSPS) is 10.7. The first-order valence-corrected chi connectivity index (χ1v) is 5.37. The van der Waals surface area contributed by atoms with Crippen molar-refractivity contribution in [1.82, 2.24) is 0 Å². The molecular formula is C13H14O4. The molecule has 1 aromatic heterocycles. The molecule has 0 spiro atoms. The second-order valence-corrected chi connectivity index (χ2v) is 3.75. The number of methoxy groups -OCH3 is 1. The Morgan fingerprint density at radius 2 is 2.06 bits per heavy atom. The SMILES string of the molecule is COCCOc1ccc2c(C)cc(=O)oc2c1. The fraction of sp³-hybridized carbons (Fsp3) is 0.308. The summed E-state index contributed by atoms with van der Waals surface area (Å²) in [5, 5.41) is 0.920. The number of ether oxygens (including phenoxy) is 2. The molecule has 0 atom stereocenters. The van der Waals surface area contributed by atoms with E-state index in [1.54, 1.807) is 13.2 Å². The summed E-state index contributed by atoms with van der Waals surface area (Å²) in [4.78, 5) is 11.2. The molecular weight excluding hydrogens is 220 g/mol. The third-order valence-electron chi connectivity index (χ3n) is 2.48. The largest absolute Gasteiger partial charge is 0.491 e. The van der Waals surface area contributed by atoms with Gasteiger partial charge in [-0.05, 0) is 24.6 Å². The van der Waals surface area contributed by atoms with Crippen molar-refractivity contribution in [3.05, 3.63) is 40.2 Å².